The van der Waals surface area contributed by atoms with Crippen molar-refractivity contribution in [1.29, 1.82) is 0 Å². The first-order chi connectivity index (χ1) is 19.4. The second-order valence-electron chi connectivity index (χ2n) is 8.63. The lowest BCUT2D eigenvalue weighted by molar-refractivity contribution is -0.113. The molecule has 0 spiro atoms. The van der Waals surface area contributed by atoms with Crippen LogP contribution in [0.1, 0.15) is 38.8 Å². The topological polar surface area (TPSA) is 84.5 Å². The molecule has 0 saturated carbocycles. The van der Waals surface area contributed by atoms with Crippen molar-refractivity contribution < 1.29 is 19.1 Å². The van der Waals surface area contributed by atoms with Gasteiger partial charge in [-0.2, -0.15) is 0 Å². The van der Waals surface area contributed by atoms with Gasteiger partial charge in [0.05, 0.1) is 6.61 Å². The van der Waals surface area contributed by atoms with Crippen molar-refractivity contribution >= 4 is 51.4 Å². The number of nitrogens with one attached hydrogen (secondary N) is 2. The molecule has 0 aliphatic rings. The van der Waals surface area contributed by atoms with Crippen LogP contribution in [0.15, 0.2) is 119 Å². The molecule has 40 heavy (non-hydrogen) atoms. The summed E-state index contributed by atoms with van der Waals surface area (Å²) in [6.45, 7) is 2.32. The van der Waals surface area contributed by atoms with Crippen LogP contribution < -0.4 is 15.4 Å². The monoisotopic (exact) mass is 594 g/mol. The van der Waals surface area contributed by atoms with E-state index in [-0.39, 0.29) is 11.5 Å². The number of halogens is 1. The minimum atomic E-state index is -0.524. The molecule has 0 unspecified atom stereocenters. The van der Waals surface area contributed by atoms with Gasteiger partial charge < -0.3 is 15.4 Å². The number of para-hydroxylation sites is 1. The molecule has 2 amide bonds. The van der Waals surface area contributed by atoms with E-state index < -0.39 is 11.8 Å². The van der Waals surface area contributed by atoms with Crippen LogP contribution in [0.2, 0.25) is 0 Å². The molecule has 2 N–H and O–H groups in total. The van der Waals surface area contributed by atoms with Crippen molar-refractivity contribution in [2.45, 2.75) is 6.92 Å². The summed E-state index contributed by atoms with van der Waals surface area (Å²) in [6.07, 6.45) is 4.83. The van der Waals surface area contributed by atoms with Gasteiger partial charge in [-0.05, 0) is 79.2 Å². The molecular weight excluding hydrogens is 568 g/mol. The Morgan fingerprint density at radius 3 is 2.27 bits per heavy atom. The van der Waals surface area contributed by atoms with Crippen LogP contribution in [-0.4, -0.2) is 24.2 Å². The molecule has 0 aromatic heterocycles. The lowest BCUT2D eigenvalue weighted by Gasteiger charge is -2.13. The van der Waals surface area contributed by atoms with E-state index >= 15 is 0 Å². The van der Waals surface area contributed by atoms with Gasteiger partial charge in [-0.15, -0.1) is 0 Å². The van der Waals surface area contributed by atoms with Crippen LogP contribution >= 0.6 is 15.9 Å². The van der Waals surface area contributed by atoms with Crippen molar-refractivity contribution in [3.05, 3.63) is 142 Å². The molecular formula is C33H27BrN2O4. The van der Waals surface area contributed by atoms with Gasteiger partial charge in [0.1, 0.15) is 11.4 Å². The van der Waals surface area contributed by atoms with Crippen LogP contribution in [0.3, 0.4) is 0 Å². The van der Waals surface area contributed by atoms with Crippen molar-refractivity contribution in [3.63, 3.8) is 0 Å². The predicted octanol–water partition coefficient (Wildman–Crippen LogP) is 7.15. The van der Waals surface area contributed by atoms with Crippen molar-refractivity contribution in [3.8, 4) is 5.75 Å². The minimum Gasteiger partial charge on any atom is -0.493 e. The zero-order valence-corrected chi connectivity index (χ0v) is 23.4. The smallest absolute Gasteiger partial charge is 0.272 e. The number of hydrogen-bond donors (Lipinski definition) is 2. The maximum absolute atomic E-state index is 13.3. The van der Waals surface area contributed by atoms with E-state index in [1.165, 1.54) is 6.08 Å². The van der Waals surface area contributed by atoms with E-state index in [0.29, 0.717) is 34.7 Å². The van der Waals surface area contributed by atoms with Gasteiger partial charge in [-0.1, -0.05) is 70.5 Å². The number of hydrogen-bond acceptors (Lipinski definition) is 4. The highest BCUT2D eigenvalue weighted by Crippen LogP contribution is 2.22. The number of ketones is 1. The molecule has 7 heteroatoms. The van der Waals surface area contributed by atoms with E-state index in [2.05, 4.69) is 26.6 Å². The summed E-state index contributed by atoms with van der Waals surface area (Å²) in [5.74, 6) is -0.526. The number of amides is 2. The van der Waals surface area contributed by atoms with Crippen LogP contribution in [-0.2, 0) is 4.79 Å². The average Bonchev–Trinajstić information content (AvgIpc) is 2.97. The van der Waals surface area contributed by atoms with E-state index in [4.69, 9.17) is 4.74 Å². The maximum Gasteiger partial charge on any atom is 0.272 e. The highest BCUT2D eigenvalue weighted by atomic mass is 79.9. The van der Waals surface area contributed by atoms with Crippen molar-refractivity contribution in [1.82, 2.24) is 5.32 Å². The predicted molar refractivity (Wildman–Crippen MR) is 162 cm³/mol. The van der Waals surface area contributed by atoms with E-state index in [0.717, 1.165) is 10.0 Å². The minimum absolute atomic E-state index is 0.0399. The first-order valence-electron chi connectivity index (χ1n) is 12.6. The van der Waals surface area contributed by atoms with Crippen LogP contribution in [0.4, 0.5) is 5.69 Å². The molecule has 0 aliphatic carbocycles. The third kappa shape index (κ3) is 7.88. The average molecular weight is 595 g/mol. The molecule has 0 radical (unpaired) electrons. The standard InChI is InChI=1S/C33H27BrN2O4/c1-2-40-31-14-7-6-12-26(31)22-29(36-32(38)25-10-4-3-5-11-25)33(39)35-28-18-16-24(17-19-28)30(37)20-15-23-9-8-13-27(34)21-23/h3-22H,2H2,1H3,(H,35,39)(H,36,38)/b20-15+,29-22-. The lowest BCUT2D eigenvalue weighted by atomic mass is 10.1. The molecule has 4 rings (SSSR count). The second kappa shape index (κ2) is 13.9. The zero-order chi connectivity index (χ0) is 28.3. The number of anilines is 1. The quantitative estimate of drug-likeness (QED) is 0.151. The zero-order valence-electron chi connectivity index (χ0n) is 21.8. The fraction of sp³-hybridized carbons (Fsp3) is 0.0606. The number of benzene rings is 4. The highest BCUT2D eigenvalue weighted by molar-refractivity contribution is 9.10. The fourth-order valence-corrected chi connectivity index (χ4v) is 4.20. The molecule has 4 aromatic rings. The van der Waals surface area contributed by atoms with Crippen LogP contribution in [0, 0.1) is 0 Å². The molecule has 0 bridgehead atoms. The third-order valence-corrected chi connectivity index (χ3v) is 6.24. The van der Waals surface area contributed by atoms with Gasteiger partial charge in [-0.25, -0.2) is 0 Å². The molecule has 0 atom stereocenters. The molecule has 0 heterocycles. The Labute approximate surface area is 241 Å². The van der Waals surface area contributed by atoms with E-state index in [1.54, 1.807) is 72.8 Å². The van der Waals surface area contributed by atoms with Gasteiger partial charge in [0.25, 0.3) is 11.8 Å². The summed E-state index contributed by atoms with van der Waals surface area (Å²) in [6, 6.07) is 30.1. The number of rotatable bonds is 10. The van der Waals surface area contributed by atoms with E-state index in [9.17, 15) is 14.4 Å². The van der Waals surface area contributed by atoms with Gasteiger partial charge >= 0.3 is 0 Å². The SMILES string of the molecule is CCOc1ccccc1/C=C(\NC(=O)c1ccccc1)C(=O)Nc1ccc(C(=O)/C=C/c2cccc(Br)c2)cc1. The molecule has 0 saturated heterocycles. The summed E-state index contributed by atoms with van der Waals surface area (Å²) in [4.78, 5) is 38.9. The normalized spacial score (nSPS) is 11.2. The number of carbonyl (C=O) groups excluding carboxylic acids is 3. The Morgan fingerprint density at radius 2 is 1.55 bits per heavy atom. The number of ether oxygens (including phenoxy) is 1. The molecule has 0 aliphatic heterocycles. The van der Waals surface area contributed by atoms with Crippen molar-refractivity contribution in [2.75, 3.05) is 11.9 Å². The van der Waals surface area contributed by atoms with Gasteiger partial charge in [0, 0.05) is 26.9 Å². The Kier molecular flexibility index (Phi) is 9.80. The number of allylic oxidation sites excluding steroid dienone is 1. The molecule has 200 valence electrons. The Hall–Kier alpha value is -4.75. The summed E-state index contributed by atoms with van der Waals surface area (Å²) in [5, 5.41) is 5.53. The first kappa shape index (κ1) is 28.3. The number of carbonyl (C=O) groups is 3. The van der Waals surface area contributed by atoms with Crippen molar-refractivity contribution in [2.24, 2.45) is 0 Å². The molecule has 6 nitrogen and oxygen atoms in total. The Bertz CT molecular complexity index is 1560. The second-order valence-corrected chi connectivity index (χ2v) is 9.55. The Morgan fingerprint density at radius 1 is 0.825 bits per heavy atom. The highest BCUT2D eigenvalue weighted by Gasteiger charge is 2.16. The summed E-state index contributed by atoms with van der Waals surface area (Å²) >= 11 is 3.42. The van der Waals surface area contributed by atoms with Gasteiger partial charge in [0.2, 0.25) is 0 Å². The summed E-state index contributed by atoms with van der Waals surface area (Å²) in [7, 11) is 0. The maximum atomic E-state index is 13.3. The summed E-state index contributed by atoms with van der Waals surface area (Å²) in [5.41, 5.74) is 2.94. The van der Waals surface area contributed by atoms with Crippen LogP contribution in [0.25, 0.3) is 12.2 Å². The van der Waals surface area contributed by atoms with Gasteiger partial charge in [0.15, 0.2) is 5.78 Å². The lowest BCUT2D eigenvalue weighted by Crippen LogP contribution is -2.30. The molecule has 0 fully saturated rings. The Balaban J connectivity index is 1.53. The first-order valence-corrected chi connectivity index (χ1v) is 13.4. The molecule has 4 aromatic carbocycles. The fourth-order valence-electron chi connectivity index (χ4n) is 3.78. The largest absolute Gasteiger partial charge is 0.493 e. The summed E-state index contributed by atoms with van der Waals surface area (Å²) < 4.78 is 6.61. The van der Waals surface area contributed by atoms with Gasteiger partial charge in [-0.3, -0.25) is 14.4 Å². The van der Waals surface area contributed by atoms with Crippen LogP contribution in [0.5, 0.6) is 5.75 Å². The third-order valence-electron chi connectivity index (χ3n) is 5.75. The van der Waals surface area contributed by atoms with E-state index in [1.807, 2.05) is 49.4 Å².